The zero-order chi connectivity index (χ0) is 16.2. The number of nitrogens with one attached hydrogen (secondary N) is 1. The third kappa shape index (κ3) is 3.24. The van der Waals surface area contributed by atoms with Gasteiger partial charge in [0.25, 0.3) is 11.8 Å². The van der Waals surface area contributed by atoms with E-state index in [4.69, 9.17) is 4.74 Å². The summed E-state index contributed by atoms with van der Waals surface area (Å²) in [4.78, 5) is 31.4. The molecule has 2 amide bonds. The maximum absolute atomic E-state index is 12.7. The van der Waals surface area contributed by atoms with Gasteiger partial charge >= 0.3 is 0 Å². The molecule has 0 radical (unpaired) electrons. The lowest BCUT2D eigenvalue weighted by atomic mass is 10.1. The number of carbonyl (C=O) groups is 2. The Kier molecular flexibility index (Phi) is 4.95. The number of hydrogen-bond donors (Lipinski definition) is 1. The van der Waals surface area contributed by atoms with Crippen molar-refractivity contribution in [3.63, 3.8) is 0 Å². The third-order valence-corrected chi connectivity index (χ3v) is 4.51. The molecule has 7 heteroatoms. The van der Waals surface area contributed by atoms with Crippen molar-refractivity contribution in [1.82, 2.24) is 19.8 Å². The molecule has 1 fully saturated rings. The summed E-state index contributed by atoms with van der Waals surface area (Å²) in [6.45, 7) is 3.23. The third-order valence-electron chi connectivity index (χ3n) is 4.51. The standard InChI is InChI=1S/C16H24N4O3/c1-23-11-7-17-15(21)14-18-13(12-6-2-3-10-20(12)14)16(22)19-8-4-5-9-19/h2-11H2,1H3,(H,17,21). The van der Waals surface area contributed by atoms with Gasteiger partial charge in [0.2, 0.25) is 0 Å². The molecule has 0 aromatic carbocycles. The molecule has 1 saturated heterocycles. The van der Waals surface area contributed by atoms with Crippen molar-refractivity contribution >= 4 is 11.8 Å². The lowest BCUT2D eigenvalue weighted by molar-refractivity contribution is 0.0786. The number of amides is 2. The fraction of sp³-hybridized carbons (Fsp3) is 0.688. The highest BCUT2D eigenvalue weighted by atomic mass is 16.5. The quantitative estimate of drug-likeness (QED) is 0.815. The van der Waals surface area contributed by atoms with Crippen molar-refractivity contribution < 1.29 is 14.3 Å². The average molecular weight is 320 g/mol. The number of imidazole rings is 1. The lowest BCUT2D eigenvalue weighted by Crippen LogP contribution is -2.30. The lowest BCUT2D eigenvalue weighted by Gasteiger charge is -2.18. The van der Waals surface area contributed by atoms with Gasteiger partial charge in [-0.3, -0.25) is 9.59 Å². The van der Waals surface area contributed by atoms with E-state index in [2.05, 4.69) is 10.3 Å². The van der Waals surface area contributed by atoms with Crippen molar-refractivity contribution in [1.29, 1.82) is 0 Å². The summed E-state index contributed by atoms with van der Waals surface area (Å²) in [5.41, 5.74) is 1.40. The van der Waals surface area contributed by atoms with Gasteiger partial charge in [0, 0.05) is 33.3 Å². The van der Waals surface area contributed by atoms with E-state index in [1.807, 2.05) is 9.47 Å². The molecule has 0 saturated carbocycles. The predicted molar refractivity (Wildman–Crippen MR) is 84.5 cm³/mol. The molecule has 1 N–H and O–H groups in total. The molecule has 0 unspecified atom stereocenters. The second-order valence-corrected chi connectivity index (χ2v) is 6.09. The number of carbonyl (C=O) groups excluding carboxylic acids is 2. The van der Waals surface area contributed by atoms with Gasteiger partial charge in [-0.15, -0.1) is 0 Å². The monoisotopic (exact) mass is 320 g/mol. The molecule has 0 spiro atoms. The Bertz CT molecular complexity index is 590. The number of methoxy groups -OCH3 is 1. The van der Waals surface area contributed by atoms with Crippen LogP contribution >= 0.6 is 0 Å². The van der Waals surface area contributed by atoms with Gasteiger partial charge in [0.15, 0.2) is 5.82 Å². The van der Waals surface area contributed by atoms with Crippen LogP contribution < -0.4 is 5.32 Å². The first-order valence-corrected chi connectivity index (χ1v) is 8.38. The van der Waals surface area contributed by atoms with Crippen LogP contribution in [0.3, 0.4) is 0 Å². The van der Waals surface area contributed by atoms with E-state index in [1.54, 1.807) is 7.11 Å². The van der Waals surface area contributed by atoms with Gasteiger partial charge < -0.3 is 19.5 Å². The molecule has 1 aromatic rings. The predicted octanol–water partition coefficient (Wildman–Crippen LogP) is 0.832. The van der Waals surface area contributed by atoms with E-state index >= 15 is 0 Å². The van der Waals surface area contributed by atoms with Gasteiger partial charge in [0.1, 0.15) is 5.69 Å². The van der Waals surface area contributed by atoms with E-state index < -0.39 is 0 Å². The summed E-state index contributed by atoms with van der Waals surface area (Å²) in [5.74, 6) is 0.105. The highest BCUT2D eigenvalue weighted by molar-refractivity contribution is 5.97. The number of fused-ring (bicyclic) bond motifs is 1. The maximum Gasteiger partial charge on any atom is 0.287 e. The smallest absolute Gasteiger partial charge is 0.287 e. The fourth-order valence-electron chi connectivity index (χ4n) is 3.30. The molecule has 23 heavy (non-hydrogen) atoms. The normalized spacial score (nSPS) is 17.2. The first-order valence-electron chi connectivity index (χ1n) is 8.38. The molecular weight excluding hydrogens is 296 g/mol. The number of nitrogens with zero attached hydrogens (tertiary/aromatic N) is 3. The summed E-state index contributed by atoms with van der Waals surface area (Å²) < 4.78 is 6.87. The van der Waals surface area contributed by atoms with Gasteiger partial charge in [-0.25, -0.2) is 4.98 Å². The second kappa shape index (κ2) is 7.12. The van der Waals surface area contributed by atoms with Crippen LogP contribution in [0.4, 0.5) is 0 Å². The molecule has 3 heterocycles. The van der Waals surface area contributed by atoms with Gasteiger partial charge in [-0.05, 0) is 32.1 Å². The highest BCUT2D eigenvalue weighted by Gasteiger charge is 2.30. The largest absolute Gasteiger partial charge is 0.383 e. The van der Waals surface area contributed by atoms with Gasteiger partial charge in [0.05, 0.1) is 12.3 Å². The summed E-state index contributed by atoms with van der Waals surface area (Å²) >= 11 is 0. The summed E-state index contributed by atoms with van der Waals surface area (Å²) in [7, 11) is 1.59. The zero-order valence-corrected chi connectivity index (χ0v) is 13.6. The Morgan fingerprint density at radius 2 is 1.91 bits per heavy atom. The molecule has 2 aliphatic heterocycles. The minimum absolute atomic E-state index is 0.0240. The maximum atomic E-state index is 12.7. The SMILES string of the molecule is COCCNC(=O)c1nc(C(=O)N2CCCC2)c2n1CCCC2. The first-order chi connectivity index (χ1) is 11.2. The molecule has 0 atom stereocenters. The first kappa shape index (κ1) is 16.0. The summed E-state index contributed by atoms with van der Waals surface area (Å²) in [6, 6.07) is 0. The van der Waals surface area contributed by atoms with Crippen LogP contribution in [-0.2, 0) is 17.7 Å². The average Bonchev–Trinajstić information content (AvgIpc) is 3.22. The molecule has 2 aliphatic rings. The second-order valence-electron chi connectivity index (χ2n) is 6.09. The van der Waals surface area contributed by atoms with E-state index in [0.717, 1.165) is 57.4 Å². The van der Waals surface area contributed by atoms with Crippen LogP contribution in [0.2, 0.25) is 0 Å². The molecule has 126 valence electrons. The number of likely N-dealkylation sites (tertiary alicyclic amines) is 1. The molecule has 3 rings (SSSR count). The van der Waals surface area contributed by atoms with Crippen molar-refractivity contribution in [2.75, 3.05) is 33.4 Å². The fourth-order valence-corrected chi connectivity index (χ4v) is 3.30. The van der Waals surface area contributed by atoms with Crippen LogP contribution in [0.15, 0.2) is 0 Å². The molecule has 1 aromatic heterocycles. The number of ether oxygens (including phenoxy) is 1. The van der Waals surface area contributed by atoms with Crippen molar-refractivity contribution in [3.8, 4) is 0 Å². The molecule has 0 bridgehead atoms. The Morgan fingerprint density at radius 3 is 2.65 bits per heavy atom. The van der Waals surface area contributed by atoms with Crippen LogP contribution in [0, 0.1) is 0 Å². The highest BCUT2D eigenvalue weighted by Crippen LogP contribution is 2.23. The Labute approximate surface area is 136 Å². The van der Waals surface area contributed by atoms with Crippen LogP contribution in [0.25, 0.3) is 0 Å². The number of rotatable bonds is 5. The van der Waals surface area contributed by atoms with Gasteiger partial charge in [-0.2, -0.15) is 0 Å². The Morgan fingerprint density at radius 1 is 1.17 bits per heavy atom. The minimum Gasteiger partial charge on any atom is -0.383 e. The summed E-state index contributed by atoms with van der Waals surface area (Å²) in [5, 5.41) is 2.80. The van der Waals surface area contributed by atoms with E-state index in [9.17, 15) is 9.59 Å². The van der Waals surface area contributed by atoms with E-state index in [1.165, 1.54) is 0 Å². The van der Waals surface area contributed by atoms with Crippen LogP contribution in [0.1, 0.15) is 52.5 Å². The van der Waals surface area contributed by atoms with Crippen LogP contribution in [0.5, 0.6) is 0 Å². The Hall–Kier alpha value is -1.89. The van der Waals surface area contributed by atoms with E-state index in [-0.39, 0.29) is 11.8 Å². The minimum atomic E-state index is -0.231. The topological polar surface area (TPSA) is 76.5 Å². The summed E-state index contributed by atoms with van der Waals surface area (Å²) in [6.07, 6.45) is 4.96. The molecular formula is C16H24N4O3. The van der Waals surface area contributed by atoms with Crippen molar-refractivity contribution in [3.05, 3.63) is 17.2 Å². The van der Waals surface area contributed by atoms with Crippen LogP contribution in [-0.4, -0.2) is 59.6 Å². The van der Waals surface area contributed by atoms with E-state index in [0.29, 0.717) is 24.7 Å². The zero-order valence-electron chi connectivity index (χ0n) is 13.6. The molecule has 7 nitrogen and oxygen atoms in total. The number of aromatic nitrogens is 2. The van der Waals surface area contributed by atoms with Crippen molar-refractivity contribution in [2.45, 2.75) is 38.6 Å². The van der Waals surface area contributed by atoms with Gasteiger partial charge in [-0.1, -0.05) is 0 Å². The Balaban J connectivity index is 1.85. The number of hydrogen-bond acceptors (Lipinski definition) is 4. The van der Waals surface area contributed by atoms with Crippen molar-refractivity contribution in [2.24, 2.45) is 0 Å². The molecule has 0 aliphatic carbocycles.